The number of hydrogen-bond acceptors (Lipinski definition) is 1. The van der Waals surface area contributed by atoms with E-state index in [2.05, 4.69) is 41.5 Å². The van der Waals surface area contributed by atoms with Crippen LogP contribution in [0.2, 0.25) is 31.5 Å². The molecule has 0 aliphatic rings. The first kappa shape index (κ1) is 26.0. The maximum absolute atomic E-state index is 7.66. The first-order valence-corrected chi connectivity index (χ1v) is 22.4. The van der Waals surface area contributed by atoms with Crippen LogP contribution in [0.4, 0.5) is 0 Å². The molecule has 0 fully saturated rings. The fourth-order valence-electron chi connectivity index (χ4n) is 4.73. The molecule has 0 unspecified atom stereocenters. The van der Waals surface area contributed by atoms with Crippen LogP contribution in [0.3, 0.4) is 0 Å². The third-order valence-electron chi connectivity index (χ3n) is 5.73. The van der Waals surface area contributed by atoms with Crippen LogP contribution in [0, 0.1) is 0 Å². The van der Waals surface area contributed by atoms with Crippen LogP contribution in [-0.4, -0.2) is 27.2 Å². The second-order valence-corrected chi connectivity index (χ2v) is 27.3. The molecule has 0 aliphatic carbocycles. The van der Waals surface area contributed by atoms with Gasteiger partial charge >= 0.3 is 167 Å². The monoisotopic (exact) mass is 478 g/mol. The molecule has 0 N–H and O–H groups in total. The van der Waals surface area contributed by atoms with Gasteiger partial charge in [0, 0.05) is 0 Å². The Balaban J connectivity index is 5.42. The van der Waals surface area contributed by atoms with Gasteiger partial charge in [-0.15, -0.1) is 0 Å². The molecule has 0 saturated heterocycles. The fourth-order valence-corrected chi connectivity index (χ4v) is 39.2. The van der Waals surface area contributed by atoms with Crippen LogP contribution in [0.25, 0.3) is 0 Å². The molecular formula is C22H50Ge2O. The molecule has 25 heavy (non-hydrogen) atoms. The summed E-state index contributed by atoms with van der Waals surface area (Å²) in [6.07, 6.45) is 13.9. The van der Waals surface area contributed by atoms with Gasteiger partial charge in [-0.1, -0.05) is 0 Å². The van der Waals surface area contributed by atoms with E-state index in [9.17, 15) is 0 Å². The van der Waals surface area contributed by atoms with E-state index in [-0.39, 0.29) is 0 Å². The van der Waals surface area contributed by atoms with Crippen LogP contribution in [-0.2, 0) is 2.79 Å². The summed E-state index contributed by atoms with van der Waals surface area (Å²) in [6.45, 7) is 14.3. The number of hydrogen-bond donors (Lipinski definition) is 0. The van der Waals surface area contributed by atoms with Gasteiger partial charge in [-0.2, -0.15) is 0 Å². The quantitative estimate of drug-likeness (QED) is 0.142. The van der Waals surface area contributed by atoms with Crippen LogP contribution in [0.1, 0.15) is 106 Å². The van der Waals surface area contributed by atoms with Gasteiger partial charge in [-0.25, -0.2) is 0 Å². The van der Waals surface area contributed by atoms with Gasteiger partial charge in [0.2, 0.25) is 0 Å². The summed E-state index contributed by atoms with van der Waals surface area (Å²) in [7, 11) is 0. The summed E-state index contributed by atoms with van der Waals surface area (Å²) in [4.78, 5) is 0. The zero-order valence-corrected chi connectivity index (χ0v) is 22.9. The SMILES string of the molecule is CCCC[CH2][Ge]([CH2]CC)([CH2]CCCC)[O][Ge]([CH2]CC)([CH2]CC)[CH2]CC. The second kappa shape index (κ2) is 16.0. The van der Waals surface area contributed by atoms with Crippen molar-refractivity contribution in [2.24, 2.45) is 0 Å². The predicted octanol–water partition coefficient (Wildman–Crippen LogP) is 8.91. The molecule has 152 valence electrons. The minimum atomic E-state index is -2.15. The summed E-state index contributed by atoms with van der Waals surface area (Å²) < 4.78 is 7.66. The zero-order chi connectivity index (χ0) is 19.0. The van der Waals surface area contributed by atoms with Gasteiger partial charge in [-0.3, -0.25) is 0 Å². The Morgan fingerprint density at radius 1 is 0.400 bits per heavy atom. The molecule has 0 radical (unpaired) electrons. The summed E-state index contributed by atoms with van der Waals surface area (Å²) in [5.41, 5.74) is 0. The van der Waals surface area contributed by atoms with Crippen molar-refractivity contribution >= 4 is 27.2 Å². The molecule has 0 aromatic carbocycles. The molecule has 0 rings (SSSR count). The van der Waals surface area contributed by atoms with E-state index in [4.69, 9.17) is 2.79 Å². The Morgan fingerprint density at radius 2 is 0.720 bits per heavy atom. The number of rotatable bonds is 18. The first-order valence-electron chi connectivity index (χ1n) is 11.8. The van der Waals surface area contributed by atoms with E-state index in [1.165, 1.54) is 95.7 Å². The van der Waals surface area contributed by atoms with E-state index >= 15 is 0 Å². The van der Waals surface area contributed by atoms with Gasteiger partial charge in [0.15, 0.2) is 0 Å². The zero-order valence-electron chi connectivity index (χ0n) is 18.7. The van der Waals surface area contributed by atoms with Gasteiger partial charge in [-0.05, 0) is 0 Å². The third-order valence-corrected chi connectivity index (χ3v) is 34.1. The molecule has 3 heteroatoms. The molecule has 0 heterocycles. The first-order chi connectivity index (χ1) is 12.1. The normalized spacial score (nSPS) is 12.7. The fraction of sp³-hybridized carbons (Fsp3) is 1.00. The van der Waals surface area contributed by atoms with Crippen LogP contribution in [0.5, 0.6) is 0 Å². The third kappa shape index (κ3) is 10.8. The molecule has 0 saturated carbocycles. The van der Waals surface area contributed by atoms with Gasteiger partial charge in [0.1, 0.15) is 0 Å². The van der Waals surface area contributed by atoms with Crippen molar-refractivity contribution in [1.82, 2.24) is 0 Å². The molecule has 0 aliphatic heterocycles. The van der Waals surface area contributed by atoms with Crippen LogP contribution in [0.15, 0.2) is 0 Å². The molecule has 0 aromatic rings. The van der Waals surface area contributed by atoms with Crippen LogP contribution >= 0.6 is 0 Å². The standard InChI is InChI=1S/C22H50Ge2O/c1-7-13-15-21-24(20-12-6,22-16-14-8-2)25-23(17-9-3,18-10-4)19-11-5/h7-22H2,1-6H3. The summed E-state index contributed by atoms with van der Waals surface area (Å²) in [5.74, 6) is 0. The molecule has 0 aromatic heterocycles. The molecule has 0 atom stereocenters. The van der Waals surface area contributed by atoms with E-state index in [1.54, 1.807) is 0 Å². The molecule has 0 spiro atoms. The summed E-state index contributed by atoms with van der Waals surface area (Å²) in [5, 5.41) is 8.92. The minimum absolute atomic E-state index is 1.35. The van der Waals surface area contributed by atoms with Crippen molar-refractivity contribution in [3.8, 4) is 0 Å². The summed E-state index contributed by atoms with van der Waals surface area (Å²) >= 11 is -4.25. The van der Waals surface area contributed by atoms with Crippen molar-refractivity contribution in [3.05, 3.63) is 0 Å². The van der Waals surface area contributed by atoms with E-state index < -0.39 is 27.2 Å². The topological polar surface area (TPSA) is 9.23 Å². The average molecular weight is 476 g/mol. The van der Waals surface area contributed by atoms with Gasteiger partial charge in [0.25, 0.3) is 0 Å². The second-order valence-electron chi connectivity index (χ2n) is 8.38. The molecule has 0 amide bonds. The average Bonchev–Trinajstić information content (AvgIpc) is 2.56. The Kier molecular flexibility index (Phi) is 16.7. The molecular weight excluding hydrogens is 425 g/mol. The Labute approximate surface area is 166 Å². The van der Waals surface area contributed by atoms with Gasteiger partial charge < -0.3 is 0 Å². The summed E-state index contributed by atoms with van der Waals surface area (Å²) in [6, 6.07) is 0. The van der Waals surface area contributed by atoms with E-state index in [0.29, 0.717) is 0 Å². The Morgan fingerprint density at radius 3 is 1.00 bits per heavy atom. The molecule has 1 nitrogen and oxygen atoms in total. The van der Waals surface area contributed by atoms with E-state index in [0.717, 1.165) is 0 Å². The van der Waals surface area contributed by atoms with Crippen molar-refractivity contribution in [2.75, 3.05) is 0 Å². The van der Waals surface area contributed by atoms with Crippen molar-refractivity contribution in [3.63, 3.8) is 0 Å². The molecule has 0 bridgehead atoms. The van der Waals surface area contributed by atoms with Crippen molar-refractivity contribution < 1.29 is 2.79 Å². The Hall–Kier alpha value is 1.05. The maximum atomic E-state index is 7.66. The van der Waals surface area contributed by atoms with Crippen LogP contribution < -0.4 is 0 Å². The number of unbranched alkanes of at least 4 members (excludes halogenated alkanes) is 4. The van der Waals surface area contributed by atoms with Crippen molar-refractivity contribution in [1.29, 1.82) is 0 Å². The van der Waals surface area contributed by atoms with E-state index in [1.807, 2.05) is 0 Å². The Bertz CT molecular complexity index is 267. The predicted molar refractivity (Wildman–Crippen MR) is 122 cm³/mol. The van der Waals surface area contributed by atoms with Crippen molar-refractivity contribution in [2.45, 2.75) is 137 Å². The van der Waals surface area contributed by atoms with Gasteiger partial charge in [0.05, 0.1) is 0 Å².